The topological polar surface area (TPSA) is 45.1 Å². The molecule has 0 amide bonds. The van der Waals surface area contributed by atoms with E-state index in [0.29, 0.717) is 24.0 Å². The van der Waals surface area contributed by atoms with E-state index in [-0.39, 0.29) is 5.52 Å². The zero-order chi connectivity index (χ0) is 13.8. The number of aliphatic hydroxyl groups is 1. The lowest BCUT2D eigenvalue weighted by molar-refractivity contribution is 0.176. The van der Waals surface area contributed by atoms with Gasteiger partial charge in [-0.3, -0.25) is 4.98 Å². The monoisotopic (exact) mass is 266 g/mol. The van der Waals surface area contributed by atoms with Crippen LogP contribution in [0.1, 0.15) is 19.8 Å². The zero-order valence-electron chi connectivity index (χ0n) is 10.7. The van der Waals surface area contributed by atoms with Crippen molar-refractivity contribution in [1.29, 1.82) is 0 Å². The number of anilines is 1. The molecule has 0 bridgehead atoms. The highest BCUT2D eigenvalue weighted by Gasteiger charge is 2.10. The number of halogens is 2. The number of benzene rings is 1. The van der Waals surface area contributed by atoms with Crippen molar-refractivity contribution in [2.24, 2.45) is 0 Å². The first-order chi connectivity index (χ1) is 9.11. The molecule has 1 atom stereocenters. The SMILES string of the molecule is CCCC(O)CNc1ccnc2c(F)cc(F)cc12. The number of hydrogen-bond acceptors (Lipinski definition) is 3. The third-order valence-electron chi connectivity index (χ3n) is 2.91. The molecule has 0 spiro atoms. The van der Waals surface area contributed by atoms with Gasteiger partial charge in [-0.1, -0.05) is 13.3 Å². The van der Waals surface area contributed by atoms with Crippen molar-refractivity contribution in [2.75, 3.05) is 11.9 Å². The molecular weight excluding hydrogens is 250 g/mol. The summed E-state index contributed by atoms with van der Waals surface area (Å²) in [7, 11) is 0. The first kappa shape index (κ1) is 13.7. The van der Waals surface area contributed by atoms with Crippen molar-refractivity contribution in [2.45, 2.75) is 25.9 Å². The van der Waals surface area contributed by atoms with Crippen LogP contribution in [-0.2, 0) is 0 Å². The minimum absolute atomic E-state index is 0.122. The Morgan fingerprint density at radius 3 is 2.89 bits per heavy atom. The van der Waals surface area contributed by atoms with Gasteiger partial charge in [-0.05, 0) is 18.6 Å². The lowest BCUT2D eigenvalue weighted by Gasteiger charge is -2.13. The molecule has 0 fully saturated rings. The standard InChI is InChI=1S/C14H16F2N2O/c1-2-3-10(19)8-18-13-4-5-17-14-11(13)6-9(15)7-12(14)16/h4-7,10,19H,2-3,8H2,1H3,(H,17,18). The van der Waals surface area contributed by atoms with Crippen molar-refractivity contribution < 1.29 is 13.9 Å². The fraction of sp³-hybridized carbons (Fsp3) is 0.357. The van der Waals surface area contributed by atoms with E-state index in [2.05, 4.69) is 10.3 Å². The number of nitrogens with one attached hydrogen (secondary N) is 1. The Morgan fingerprint density at radius 2 is 2.16 bits per heavy atom. The molecule has 0 radical (unpaired) electrons. The zero-order valence-corrected chi connectivity index (χ0v) is 10.7. The Hall–Kier alpha value is -1.75. The van der Waals surface area contributed by atoms with E-state index in [9.17, 15) is 13.9 Å². The summed E-state index contributed by atoms with van der Waals surface area (Å²) in [5.74, 6) is -1.33. The highest BCUT2D eigenvalue weighted by atomic mass is 19.1. The van der Waals surface area contributed by atoms with Crippen LogP contribution in [0.25, 0.3) is 10.9 Å². The summed E-state index contributed by atoms with van der Waals surface area (Å²) in [6, 6.07) is 3.69. The van der Waals surface area contributed by atoms with Gasteiger partial charge in [-0.25, -0.2) is 8.78 Å². The van der Waals surface area contributed by atoms with Crippen LogP contribution in [0.2, 0.25) is 0 Å². The van der Waals surface area contributed by atoms with E-state index >= 15 is 0 Å². The molecule has 1 unspecified atom stereocenters. The average molecular weight is 266 g/mol. The minimum Gasteiger partial charge on any atom is -0.391 e. The van der Waals surface area contributed by atoms with Gasteiger partial charge < -0.3 is 10.4 Å². The van der Waals surface area contributed by atoms with Crippen LogP contribution in [-0.4, -0.2) is 22.7 Å². The van der Waals surface area contributed by atoms with Crippen molar-refractivity contribution in [1.82, 2.24) is 4.98 Å². The number of nitrogens with zero attached hydrogens (tertiary/aromatic N) is 1. The van der Waals surface area contributed by atoms with E-state index in [4.69, 9.17) is 0 Å². The Morgan fingerprint density at radius 1 is 1.37 bits per heavy atom. The molecule has 1 aromatic carbocycles. The van der Waals surface area contributed by atoms with Crippen LogP contribution < -0.4 is 5.32 Å². The predicted molar refractivity (Wildman–Crippen MR) is 71.1 cm³/mol. The van der Waals surface area contributed by atoms with E-state index in [1.807, 2.05) is 6.92 Å². The van der Waals surface area contributed by atoms with Crippen LogP contribution in [0.3, 0.4) is 0 Å². The van der Waals surface area contributed by atoms with Crippen molar-refractivity contribution in [3.8, 4) is 0 Å². The maximum Gasteiger partial charge on any atom is 0.152 e. The van der Waals surface area contributed by atoms with Gasteiger partial charge in [0, 0.05) is 29.9 Å². The number of rotatable bonds is 5. The molecule has 0 aliphatic carbocycles. The minimum atomic E-state index is -0.687. The maximum atomic E-state index is 13.6. The van der Waals surface area contributed by atoms with Gasteiger partial charge in [-0.2, -0.15) is 0 Å². The molecule has 0 aliphatic rings. The largest absolute Gasteiger partial charge is 0.391 e. The van der Waals surface area contributed by atoms with Gasteiger partial charge >= 0.3 is 0 Å². The van der Waals surface area contributed by atoms with E-state index in [1.54, 1.807) is 6.07 Å². The van der Waals surface area contributed by atoms with Crippen LogP contribution in [0, 0.1) is 11.6 Å². The Kier molecular flexibility index (Phi) is 4.27. The Bertz CT molecular complexity index is 575. The molecule has 1 aromatic heterocycles. The molecule has 5 heteroatoms. The van der Waals surface area contributed by atoms with E-state index in [1.165, 1.54) is 12.3 Å². The fourth-order valence-electron chi connectivity index (χ4n) is 2.00. The number of pyridine rings is 1. The highest BCUT2D eigenvalue weighted by Crippen LogP contribution is 2.24. The molecule has 0 aliphatic heterocycles. The van der Waals surface area contributed by atoms with Crippen LogP contribution in [0.5, 0.6) is 0 Å². The lowest BCUT2D eigenvalue weighted by Crippen LogP contribution is -2.19. The molecule has 2 N–H and O–H groups in total. The smallest absolute Gasteiger partial charge is 0.152 e. The second kappa shape index (κ2) is 5.93. The van der Waals surface area contributed by atoms with Crippen LogP contribution in [0.15, 0.2) is 24.4 Å². The normalized spacial score (nSPS) is 12.6. The molecule has 0 saturated heterocycles. The summed E-state index contributed by atoms with van der Waals surface area (Å²) in [4.78, 5) is 3.90. The van der Waals surface area contributed by atoms with Crippen molar-refractivity contribution in [3.63, 3.8) is 0 Å². The maximum absolute atomic E-state index is 13.6. The number of hydrogen-bond donors (Lipinski definition) is 2. The first-order valence-corrected chi connectivity index (χ1v) is 6.27. The van der Waals surface area contributed by atoms with Gasteiger partial charge in [0.25, 0.3) is 0 Å². The number of fused-ring (bicyclic) bond motifs is 1. The summed E-state index contributed by atoms with van der Waals surface area (Å²) < 4.78 is 26.8. The second-order valence-electron chi connectivity index (χ2n) is 4.47. The molecule has 3 nitrogen and oxygen atoms in total. The molecule has 0 saturated carbocycles. The molecule has 19 heavy (non-hydrogen) atoms. The summed E-state index contributed by atoms with van der Waals surface area (Å²) in [5.41, 5.74) is 0.690. The summed E-state index contributed by atoms with van der Waals surface area (Å²) in [5, 5.41) is 13.0. The van der Waals surface area contributed by atoms with E-state index < -0.39 is 17.7 Å². The first-order valence-electron chi connectivity index (χ1n) is 6.27. The van der Waals surface area contributed by atoms with E-state index in [0.717, 1.165) is 12.5 Å². The van der Waals surface area contributed by atoms with Gasteiger partial charge in [0.1, 0.15) is 11.3 Å². The summed E-state index contributed by atoms with van der Waals surface area (Å²) in [6.07, 6.45) is 2.53. The average Bonchev–Trinajstić information content (AvgIpc) is 2.36. The number of aliphatic hydroxyl groups excluding tert-OH is 1. The highest BCUT2D eigenvalue weighted by molar-refractivity contribution is 5.91. The predicted octanol–water partition coefficient (Wildman–Crippen LogP) is 3.09. The molecule has 2 aromatic rings. The van der Waals surface area contributed by atoms with Gasteiger partial charge in [0.15, 0.2) is 5.82 Å². The van der Waals surface area contributed by atoms with Crippen molar-refractivity contribution >= 4 is 16.6 Å². The van der Waals surface area contributed by atoms with Gasteiger partial charge in [0.05, 0.1) is 6.10 Å². The molecule has 1 heterocycles. The quantitative estimate of drug-likeness (QED) is 0.874. The summed E-state index contributed by atoms with van der Waals surface area (Å²) in [6.45, 7) is 2.32. The molecule has 2 rings (SSSR count). The third-order valence-corrected chi connectivity index (χ3v) is 2.91. The Labute approximate surface area is 110 Å². The van der Waals surface area contributed by atoms with Crippen LogP contribution >= 0.6 is 0 Å². The number of aromatic nitrogens is 1. The molecule has 102 valence electrons. The van der Waals surface area contributed by atoms with Gasteiger partial charge in [0.2, 0.25) is 0 Å². The van der Waals surface area contributed by atoms with Gasteiger partial charge in [-0.15, -0.1) is 0 Å². The van der Waals surface area contributed by atoms with Crippen LogP contribution in [0.4, 0.5) is 14.5 Å². The summed E-state index contributed by atoms with van der Waals surface area (Å²) >= 11 is 0. The molecular formula is C14H16F2N2O. The van der Waals surface area contributed by atoms with Crippen molar-refractivity contribution in [3.05, 3.63) is 36.0 Å². The third kappa shape index (κ3) is 3.17. The second-order valence-corrected chi connectivity index (χ2v) is 4.47. The Balaban J connectivity index is 2.28. The lowest BCUT2D eigenvalue weighted by atomic mass is 10.1. The fourth-order valence-corrected chi connectivity index (χ4v) is 2.00.